The summed E-state index contributed by atoms with van der Waals surface area (Å²) in [6, 6.07) is 9.12. The van der Waals surface area contributed by atoms with E-state index in [0.29, 0.717) is 31.7 Å². The average Bonchev–Trinajstić information content (AvgIpc) is 2.49. The van der Waals surface area contributed by atoms with Crippen molar-refractivity contribution in [3.63, 3.8) is 0 Å². The summed E-state index contributed by atoms with van der Waals surface area (Å²) in [5, 5.41) is 8.64. The zero-order chi connectivity index (χ0) is 14.8. The van der Waals surface area contributed by atoms with Crippen LogP contribution in [0.2, 0.25) is 0 Å². The average molecular weight is 276 g/mol. The van der Waals surface area contributed by atoms with Crippen molar-refractivity contribution in [2.24, 2.45) is 0 Å². The summed E-state index contributed by atoms with van der Waals surface area (Å²) in [7, 11) is 3.21. The van der Waals surface area contributed by atoms with Crippen LogP contribution in [0, 0.1) is 11.3 Å². The van der Waals surface area contributed by atoms with Crippen molar-refractivity contribution in [2.45, 2.75) is 6.42 Å². The molecule has 1 aromatic carbocycles. The Morgan fingerprint density at radius 3 is 2.50 bits per heavy atom. The van der Waals surface area contributed by atoms with E-state index in [9.17, 15) is 4.79 Å². The Hall–Kier alpha value is -1.90. The molecule has 0 aliphatic carbocycles. The van der Waals surface area contributed by atoms with Crippen LogP contribution in [0.5, 0.6) is 5.75 Å². The predicted octanol–water partition coefficient (Wildman–Crippen LogP) is 1.74. The van der Waals surface area contributed by atoms with Gasteiger partial charge in [-0.25, -0.2) is 0 Å². The van der Waals surface area contributed by atoms with Crippen molar-refractivity contribution in [3.8, 4) is 11.8 Å². The Morgan fingerprint density at radius 1 is 1.25 bits per heavy atom. The standard InChI is InChI=1S/C15H20N2O3/c1-19-11-10-17(9-3-8-16)12-15(18)13-4-6-14(20-2)7-5-13/h4-7H,3,9-12H2,1-2H3. The Labute approximate surface area is 119 Å². The molecule has 108 valence electrons. The van der Waals surface area contributed by atoms with Gasteiger partial charge in [0.2, 0.25) is 0 Å². The molecule has 0 amide bonds. The largest absolute Gasteiger partial charge is 0.497 e. The van der Waals surface area contributed by atoms with E-state index >= 15 is 0 Å². The maximum Gasteiger partial charge on any atom is 0.176 e. The van der Waals surface area contributed by atoms with Crippen molar-refractivity contribution in [2.75, 3.05) is 40.5 Å². The highest BCUT2D eigenvalue weighted by Gasteiger charge is 2.12. The van der Waals surface area contributed by atoms with Crippen LogP contribution in [0.3, 0.4) is 0 Å². The summed E-state index contributed by atoms with van der Waals surface area (Å²) < 4.78 is 10.1. The molecule has 0 saturated carbocycles. The Balaban J connectivity index is 2.60. The lowest BCUT2D eigenvalue weighted by atomic mass is 10.1. The lowest BCUT2D eigenvalue weighted by Gasteiger charge is -2.19. The number of nitriles is 1. The summed E-state index contributed by atoms with van der Waals surface area (Å²) in [6.45, 7) is 2.04. The van der Waals surface area contributed by atoms with Gasteiger partial charge in [-0.2, -0.15) is 5.26 Å². The molecular weight excluding hydrogens is 256 g/mol. The van der Waals surface area contributed by atoms with Gasteiger partial charge < -0.3 is 9.47 Å². The van der Waals surface area contributed by atoms with Gasteiger partial charge in [0.1, 0.15) is 5.75 Å². The van der Waals surface area contributed by atoms with Gasteiger partial charge in [-0.1, -0.05) is 0 Å². The fourth-order valence-corrected chi connectivity index (χ4v) is 1.77. The van der Waals surface area contributed by atoms with Crippen molar-refractivity contribution in [1.29, 1.82) is 5.26 Å². The number of carbonyl (C=O) groups is 1. The molecule has 0 unspecified atom stereocenters. The second-order valence-corrected chi connectivity index (χ2v) is 4.33. The molecule has 20 heavy (non-hydrogen) atoms. The lowest BCUT2D eigenvalue weighted by Crippen LogP contribution is -2.33. The summed E-state index contributed by atoms with van der Waals surface area (Å²) in [5.74, 6) is 0.754. The Bertz CT molecular complexity index is 451. The Morgan fingerprint density at radius 2 is 1.95 bits per heavy atom. The van der Waals surface area contributed by atoms with Gasteiger partial charge in [0.05, 0.1) is 26.3 Å². The quantitative estimate of drug-likeness (QED) is 0.643. The van der Waals surface area contributed by atoms with Crippen LogP contribution in [0.25, 0.3) is 0 Å². The van der Waals surface area contributed by atoms with Crippen LogP contribution in [0.1, 0.15) is 16.8 Å². The fourth-order valence-electron chi connectivity index (χ4n) is 1.77. The first-order chi connectivity index (χ1) is 9.71. The second kappa shape index (κ2) is 9.08. The van der Waals surface area contributed by atoms with Gasteiger partial charge in [0, 0.05) is 32.2 Å². The van der Waals surface area contributed by atoms with E-state index in [-0.39, 0.29) is 12.3 Å². The minimum Gasteiger partial charge on any atom is -0.497 e. The van der Waals surface area contributed by atoms with Gasteiger partial charge in [-0.15, -0.1) is 0 Å². The van der Waals surface area contributed by atoms with E-state index in [1.165, 1.54) is 0 Å². The van der Waals surface area contributed by atoms with Gasteiger partial charge in [-0.05, 0) is 24.3 Å². The number of hydrogen-bond donors (Lipinski definition) is 0. The zero-order valence-corrected chi connectivity index (χ0v) is 12.0. The topological polar surface area (TPSA) is 62.6 Å². The molecule has 0 aliphatic rings. The molecule has 0 heterocycles. The van der Waals surface area contributed by atoms with E-state index in [2.05, 4.69) is 6.07 Å². The molecule has 0 N–H and O–H groups in total. The van der Waals surface area contributed by atoms with Gasteiger partial charge in [0.15, 0.2) is 5.78 Å². The fraction of sp³-hybridized carbons (Fsp3) is 0.467. The molecular formula is C15H20N2O3. The SMILES string of the molecule is COCCN(CCC#N)CC(=O)c1ccc(OC)cc1. The number of carbonyl (C=O) groups excluding carboxylic acids is 1. The van der Waals surface area contributed by atoms with Crippen LogP contribution in [0.4, 0.5) is 0 Å². The van der Waals surface area contributed by atoms with Crippen LogP contribution < -0.4 is 4.74 Å². The van der Waals surface area contributed by atoms with Crippen molar-refractivity contribution < 1.29 is 14.3 Å². The molecule has 5 heteroatoms. The number of benzene rings is 1. The molecule has 0 fully saturated rings. The monoisotopic (exact) mass is 276 g/mol. The molecule has 1 rings (SSSR count). The molecule has 0 bridgehead atoms. The lowest BCUT2D eigenvalue weighted by molar-refractivity contribution is 0.0898. The van der Waals surface area contributed by atoms with Crippen LogP contribution in [0.15, 0.2) is 24.3 Å². The van der Waals surface area contributed by atoms with Crippen molar-refractivity contribution in [1.82, 2.24) is 4.90 Å². The number of methoxy groups -OCH3 is 2. The number of nitrogens with zero attached hydrogens (tertiary/aromatic N) is 2. The van der Waals surface area contributed by atoms with Gasteiger partial charge in [0.25, 0.3) is 0 Å². The first kappa shape index (κ1) is 16.2. The van der Waals surface area contributed by atoms with Crippen LogP contribution >= 0.6 is 0 Å². The van der Waals surface area contributed by atoms with E-state index in [4.69, 9.17) is 14.7 Å². The highest BCUT2D eigenvalue weighted by Crippen LogP contribution is 2.12. The molecule has 0 aromatic heterocycles. The maximum atomic E-state index is 12.2. The smallest absolute Gasteiger partial charge is 0.176 e. The summed E-state index contributed by atoms with van der Waals surface area (Å²) in [6.07, 6.45) is 0.402. The molecule has 0 atom stereocenters. The van der Waals surface area contributed by atoms with Crippen LogP contribution in [-0.4, -0.2) is 51.1 Å². The third-order valence-corrected chi connectivity index (χ3v) is 2.93. The molecule has 0 saturated heterocycles. The zero-order valence-electron chi connectivity index (χ0n) is 12.0. The molecule has 5 nitrogen and oxygen atoms in total. The van der Waals surface area contributed by atoms with E-state index in [1.807, 2.05) is 4.90 Å². The Kier molecular flexibility index (Phi) is 7.33. The first-order valence-corrected chi connectivity index (χ1v) is 6.46. The number of rotatable bonds is 9. The molecule has 0 radical (unpaired) electrons. The first-order valence-electron chi connectivity index (χ1n) is 6.46. The minimum absolute atomic E-state index is 0.0293. The summed E-state index contributed by atoms with van der Waals surface area (Å²) in [4.78, 5) is 14.1. The molecule has 1 aromatic rings. The van der Waals surface area contributed by atoms with E-state index < -0.39 is 0 Å². The van der Waals surface area contributed by atoms with Crippen molar-refractivity contribution in [3.05, 3.63) is 29.8 Å². The molecule has 0 aliphatic heterocycles. The second-order valence-electron chi connectivity index (χ2n) is 4.33. The van der Waals surface area contributed by atoms with E-state index in [0.717, 1.165) is 5.75 Å². The van der Waals surface area contributed by atoms with Crippen LogP contribution in [-0.2, 0) is 4.74 Å². The summed E-state index contributed by atoms with van der Waals surface area (Å²) in [5.41, 5.74) is 0.644. The highest BCUT2D eigenvalue weighted by molar-refractivity contribution is 5.97. The van der Waals surface area contributed by atoms with E-state index in [1.54, 1.807) is 38.5 Å². The van der Waals surface area contributed by atoms with Crippen molar-refractivity contribution >= 4 is 5.78 Å². The normalized spacial score (nSPS) is 10.3. The molecule has 0 spiro atoms. The summed E-state index contributed by atoms with van der Waals surface area (Å²) >= 11 is 0. The third-order valence-electron chi connectivity index (χ3n) is 2.93. The predicted molar refractivity (Wildman–Crippen MR) is 75.9 cm³/mol. The number of ketones is 1. The van der Waals surface area contributed by atoms with Gasteiger partial charge >= 0.3 is 0 Å². The third kappa shape index (κ3) is 5.39. The number of hydrogen-bond acceptors (Lipinski definition) is 5. The number of Topliss-reactive ketones (excluding diaryl/α,β-unsaturated/α-hetero) is 1. The highest BCUT2D eigenvalue weighted by atomic mass is 16.5. The number of ether oxygens (including phenoxy) is 2. The minimum atomic E-state index is 0.0293. The maximum absolute atomic E-state index is 12.2. The van der Waals surface area contributed by atoms with Gasteiger partial charge in [-0.3, -0.25) is 9.69 Å².